The molecule has 0 aromatic rings. The lowest BCUT2D eigenvalue weighted by molar-refractivity contribution is -0.161. The molecule has 97 heavy (non-hydrogen) atoms. The Balaban J connectivity index is 5.20. The molecular formula is C78H152O17P2. The van der Waals surface area contributed by atoms with E-state index in [0.717, 1.165) is 108 Å². The van der Waals surface area contributed by atoms with Crippen LogP contribution in [0.3, 0.4) is 0 Å². The molecule has 0 spiro atoms. The molecule has 0 amide bonds. The van der Waals surface area contributed by atoms with E-state index < -0.39 is 97.5 Å². The summed E-state index contributed by atoms with van der Waals surface area (Å²) in [6, 6.07) is 0. The molecule has 0 radical (unpaired) electrons. The van der Waals surface area contributed by atoms with Crippen molar-refractivity contribution in [3.05, 3.63) is 0 Å². The van der Waals surface area contributed by atoms with Crippen LogP contribution < -0.4 is 0 Å². The van der Waals surface area contributed by atoms with Crippen LogP contribution in [0.4, 0.5) is 0 Å². The Morgan fingerprint density at radius 2 is 0.495 bits per heavy atom. The summed E-state index contributed by atoms with van der Waals surface area (Å²) in [5.41, 5.74) is 0. The number of ether oxygens (including phenoxy) is 4. The lowest BCUT2D eigenvalue weighted by atomic mass is 9.99. The highest BCUT2D eigenvalue weighted by Crippen LogP contribution is 2.45. The van der Waals surface area contributed by atoms with Crippen LogP contribution in [0.5, 0.6) is 0 Å². The van der Waals surface area contributed by atoms with Crippen LogP contribution in [0.2, 0.25) is 0 Å². The molecule has 0 fully saturated rings. The summed E-state index contributed by atoms with van der Waals surface area (Å²) in [5.74, 6) is 0.332. The first-order valence-electron chi connectivity index (χ1n) is 40.5. The fraction of sp³-hybridized carbons (Fsp3) is 0.949. The number of aliphatic hydroxyl groups is 1. The molecule has 0 aliphatic heterocycles. The molecule has 0 saturated carbocycles. The van der Waals surface area contributed by atoms with Crippen LogP contribution in [-0.4, -0.2) is 96.7 Å². The zero-order chi connectivity index (χ0) is 71.6. The van der Waals surface area contributed by atoms with Crippen molar-refractivity contribution in [3.8, 4) is 0 Å². The molecule has 0 aliphatic carbocycles. The van der Waals surface area contributed by atoms with Crippen LogP contribution >= 0.6 is 15.6 Å². The number of phosphoric acid groups is 2. The van der Waals surface area contributed by atoms with Crippen molar-refractivity contribution in [1.82, 2.24) is 0 Å². The first-order valence-corrected chi connectivity index (χ1v) is 43.5. The van der Waals surface area contributed by atoms with E-state index in [1.54, 1.807) is 0 Å². The van der Waals surface area contributed by atoms with Crippen molar-refractivity contribution in [2.24, 2.45) is 17.8 Å². The second-order valence-electron chi connectivity index (χ2n) is 28.8. The summed E-state index contributed by atoms with van der Waals surface area (Å²) in [4.78, 5) is 72.8. The van der Waals surface area contributed by atoms with Gasteiger partial charge in [-0.25, -0.2) is 9.13 Å². The maximum Gasteiger partial charge on any atom is 0.472 e. The molecule has 3 N–H and O–H groups in total. The van der Waals surface area contributed by atoms with Gasteiger partial charge in [0.1, 0.15) is 19.3 Å². The summed E-state index contributed by atoms with van der Waals surface area (Å²) >= 11 is 0. The molecule has 0 bridgehead atoms. The number of aliphatic hydroxyl groups excluding tert-OH is 1. The second kappa shape index (κ2) is 68.5. The van der Waals surface area contributed by atoms with Crippen molar-refractivity contribution in [2.75, 3.05) is 39.6 Å². The van der Waals surface area contributed by atoms with Crippen molar-refractivity contribution in [1.29, 1.82) is 0 Å². The van der Waals surface area contributed by atoms with Crippen LogP contribution in [-0.2, 0) is 65.4 Å². The summed E-state index contributed by atoms with van der Waals surface area (Å²) < 4.78 is 68.5. The summed E-state index contributed by atoms with van der Waals surface area (Å²) in [6.45, 7) is 12.0. The number of carbonyl (C=O) groups excluding carboxylic acids is 4. The van der Waals surface area contributed by atoms with Crippen molar-refractivity contribution >= 4 is 39.5 Å². The average Bonchev–Trinajstić information content (AvgIpc) is 1.44. The van der Waals surface area contributed by atoms with Gasteiger partial charge in [0.15, 0.2) is 12.2 Å². The predicted octanol–water partition coefficient (Wildman–Crippen LogP) is 23.0. The van der Waals surface area contributed by atoms with Gasteiger partial charge < -0.3 is 33.8 Å². The number of hydrogen-bond acceptors (Lipinski definition) is 15. The van der Waals surface area contributed by atoms with Gasteiger partial charge in [-0.2, -0.15) is 0 Å². The molecule has 576 valence electrons. The summed E-state index contributed by atoms with van der Waals surface area (Å²) in [6.07, 6.45) is 55.4. The minimum absolute atomic E-state index is 0.105. The predicted molar refractivity (Wildman–Crippen MR) is 395 cm³/mol. The fourth-order valence-corrected chi connectivity index (χ4v) is 13.4. The van der Waals surface area contributed by atoms with E-state index in [4.69, 9.17) is 37.0 Å². The van der Waals surface area contributed by atoms with E-state index in [1.807, 2.05) is 0 Å². The Morgan fingerprint density at radius 1 is 0.289 bits per heavy atom. The minimum Gasteiger partial charge on any atom is -0.462 e. The second-order valence-corrected chi connectivity index (χ2v) is 31.7. The van der Waals surface area contributed by atoms with Gasteiger partial charge in [0.2, 0.25) is 0 Å². The van der Waals surface area contributed by atoms with Gasteiger partial charge in [-0.15, -0.1) is 0 Å². The first kappa shape index (κ1) is 95.1. The molecule has 0 aromatic heterocycles. The van der Waals surface area contributed by atoms with Crippen LogP contribution in [0.25, 0.3) is 0 Å². The van der Waals surface area contributed by atoms with Crippen LogP contribution in [0, 0.1) is 17.8 Å². The highest BCUT2D eigenvalue weighted by Gasteiger charge is 2.30. The Hall–Kier alpha value is -1.94. The quantitative estimate of drug-likeness (QED) is 0.0222. The van der Waals surface area contributed by atoms with E-state index in [-0.39, 0.29) is 25.7 Å². The van der Waals surface area contributed by atoms with E-state index in [2.05, 4.69) is 48.5 Å². The Kier molecular flexibility index (Phi) is 67.1. The number of unbranched alkanes of at least 4 members (excludes halogenated alkanes) is 41. The third-order valence-electron chi connectivity index (χ3n) is 19.2. The van der Waals surface area contributed by atoms with Crippen LogP contribution in [0.15, 0.2) is 0 Å². The number of esters is 4. The highest BCUT2D eigenvalue weighted by atomic mass is 31.2. The number of rotatable bonds is 76. The summed E-state index contributed by atoms with van der Waals surface area (Å²) in [5, 5.41) is 10.6. The molecule has 8 atom stereocenters. The highest BCUT2D eigenvalue weighted by molar-refractivity contribution is 7.47. The van der Waals surface area contributed by atoms with Gasteiger partial charge >= 0.3 is 39.5 Å². The molecular weight excluding hydrogens is 1270 g/mol. The Bertz CT molecular complexity index is 1890. The van der Waals surface area contributed by atoms with E-state index >= 15 is 0 Å². The third-order valence-corrected chi connectivity index (χ3v) is 21.1. The zero-order valence-corrected chi connectivity index (χ0v) is 65.3. The van der Waals surface area contributed by atoms with E-state index in [0.29, 0.717) is 25.7 Å². The van der Waals surface area contributed by atoms with Gasteiger partial charge in [-0.05, 0) is 43.4 Å². The molecule has 5 unspecified atom stereocenters. The number of phosphoric ester groups is 2. The van der Waals surface area contributed by atoms with Crippen molar-refractivity contribution in [3.63, 3.8) is 0 Å². The van der Waals surface area contributed by atoms with Gasteiger partial charge in [0.05, 0.1) is 26.4 Å². The summed E-state index contributed by atoms with van der Waals surface area (Å²) in [7, 11) is -9.91. The molecule has 0 rings (SSSR count). The van der Waals surface area contributed by atoms with Crippen molar-refractivity contribution < 1.29 is 80.2 Å². The molecule has 17 nitrogen and oxygen atoms in total. The third kappa shape index (κ3) is 68.3. The maximum atomic E-state index is 13.1. The number of hydrogen-bond donors (Lipinski definition) is 3. The monoisotopic (exact) mass is 1420 g/mol. The van der Waals surface area contributed by atoms with Gasteiger partial charge in [-0.1, -0.05) is 350 Å². The first-order chi connectivity index (χ1) is 46.8. The molecule has 0 aliphatic rings. The van der Waals surface area contributed by atoms with Crippen molar-refractivity contribution in [2.45, 2.75) is 420 Å². The Morgan fingerprint density at radius 3 is 0.732 bits per heavy atom. The number of carbonyl (C=O) groups is 4. The standard InChI is InChI=1S/C78H152O17P2/c1-8-12-13-14-15-28-38-45-52-59-75(80)88-65-74(95-78(83)62-55-48-41-34-33-37-44-51-58-71(7)11-4)68-93-97(86,87)91-64-72(79)63-90-96(84,85)92-67-73(66-89-76(81)60-53-46-39-31-27-26-30-36-43-50-57-70(6)10-3)94-77(82)61-54-47-40-32-25-23-21-19-17-16-18-20-22-24-29-35-42-49-56-69(5)9-2/h69-74,79H,8-68H2,1-7H3,(H,84,85)(H,86,87)/t69?,70?,71?,72-,73-,74-/m1/s1. The van der Waals surface area contributed by atoms with Gasteiger partial charge in [-0.3, -0.25) is 37.3 Å². The van der Waals surface area contributed by atoms with E-state index in [9.17, 15) is 43.2 Å². The van der Waals surface area contributed by atoms with E-state index in [1.165, 1.54) is 212 Å². The largest absolute Gasteiger partial charge is 0.472 e. The minimum atomic E-state index is -4.96. The molecule has 0 aromatic carbocycles. The SMILES string of the molecule is CCCCCCCCCCCC(=O)OC[C@H](COP(=O)(O)OC[C@H](O)COP(=O)(O)OC[C@@H](COC(=O)CCCCCCCCCCCCC(C)CC)OC(=O)CCCCCCCCCCCCCCCCCCCCC(C)CC)OC(=O)CCCCCCCCCCC(C)CC. The van der Waals surface area contributed by atoms with Crippen LogP contribution in [0.1, 0.15) is 402 Å². The molecule has 0 heterocycles. The maximum absolute atomic E-state index is 13.1. The zero-order valence-electron chi connectivity index (χ0n) is 63.5. The fourth-order valence-electron chi connectivity index (χ4n) is 11.9. The lowest BCUT2D eigenvalue weighted by Crippen LogP contribution is -2.30. The molecule has 0 saturated heterocycles. The lowest BCUT2D eigenvalue weighted by Gasteiger charge is -2.21. The normalized spacial score (nSPS) is 14.9. The molecule has 19 heteroatoms. The van der Waals surface area contributed by atoms with Gasteiger partial charge in [0.25, 0.3) is 0 Å². The Labute approximate surface area is 594 Å². The topological polar surface area (TPSA) is 237 Å². The van der Waals surface area contributed by atoms with Gasteiger partial charge in [0, 0.05) is 25.7 Å². The average molecular weight is 1420 g/mol. The smallest absolute Gasteiger partial charge is 0.462 e.